The van der Waals surface area contributed by atoms with Gasteiger partial charge in [-0.1, -0.05) is 75.4 Å². The maximum absolute atomic E-state index is 13.2. The number of Topliss-reactive ketones (excluding diaryl/α,β-unsaturated/α-hetero) is 1. The second-order valence-corrected chi connectivity index (χ2v) is 9.18. The van der Waals surface area contributed by atoms with Crippen molar-refractivity contribution in [1.82, 2.24) is 0 Å². The van der Waals surface area contributed by atoms with Crippen molar-refractivity contribution in [3.8, 4) is 0 Å². The highest BCUT2D eigenvalue weighted by Crippen LogP contribution is 2.42. The summed E-state index contributed by atoms with van der Waals surface area (Å²) in [6, 6.07) is 20.8. The summed E-state index contributed by atoms with van der Waals surface area (Å²) in [5.41, 5.74) is 1.88. The van der Waals surface area contributed by atoms with Crippen LogP contribution in [0, 0.1) is 10.1 Å². The van der Waals surface area contributed by atoms with Gasteiger partial charge < -0.3 is 5.11 Å². The quantitative estimate of drug-likeness (QED) is 0.183. The van der Waals surface area contributed by atoms with E-state index in [9.17, 15) is 24.8 Å². The normalized spacial score (nSPS) is 17.7. The van der Waals surface area contributed by atoms with E-state index >= 15 is 0 Å². The van der Waals surface area contributed by atoms with Gasteiger partial charge in [-0.25, -0.2) is 0 Å². The van der Waals surface area contributed by atoms with Gasteiger partial charge in [-0.2, -0.15) is 0 Å². The zero-order chi connectivity index (χ0) is 24.6. The third-order valence-electron chi connectivity index (χ3n) is 5.90. The van der Waals surface area contributed by atoms with Crippen molar-refractivity contribution >= 4 is 28.8 Å². The second kappa shape index (κ2) is 8.59. The lowest BCUT2D eigenvalue weighted by atomic mass is 9.85. The van der Waals surface area contributed by atoms with E-state index in [0.29, 0.717) is 11.3 Å². The van der Waals surface area contributed by atoms with Crippen molar-refractivity contribution in [2.75, 3.05) is 4.90 Å². The molecule has 7 nitrogen and oxygen atoms in total. The highest BCUT2D eigenvalue weighted by atomic mass is 16.6. The van der Waals surface area contributed by atoms with Gasteiger partial charge >= 0.3 is 0 Å². The van der Waals surface area contributed by atoms with Crippen LogP contribution in [0.4, 0.5) is 11.4 Å². The number of hydrogen-bond acceptors (Lipinski definition) is 5. The lowest BCUT2D eigenvalue weighted by Gasteiger charge is -2.26. The summed E-state index contributed by atoms with van der Waals surface area (Å²) in [5, 5.41) is 22.4. The molecule has 7 heteroatoms. The smallest absolute Gasteiger partial charge is 0.300 e. The third kappa shape index (κ3) is 4.08. The monoisotopic (exact) mass is 456 g/mol. The van der Waals surface area contributed by atoms with E-state index in [-0.39, 0.29) is 22.2 Å². The van der Waals surface area contributed by atoms with Crippen LogP contribution < -0.4 is 4.90 Å². The summed E-state index contributed by atoms with van der Waals surface area (Å²) in [4.78, 5) is 38.4. The topological polar surface area (TPSA) is 101 Å². The van der Waals surface area contributed by atoms with Crippen LogP contribution in [0.25, 0.3) is 5.76 Å². The Morgan fingerprint density at radius 3 is 2.18 bits per heavy atom. The first-order valence-electron chi connectivity index (χ1n) is 10.8. The predicted octanol–water partition coefficient (Wildman–Crippen LogP) is 5.52. The van der Waals surface area contributed by atoms with Gasteiger partial charge in [0.1, 0.15) is 5.76 Å². The summed E-state index contributed by atoms with van der Waals surface area (Å²) < 4.78 is 0. The molecular weight excluding hydrogens is 432 g/mol. The molecule has 0 aromatic heterocycles. The largest absolute Gasteiger partial charge is 0.507 e. The maximum atomic E-state index is 13.2. The molecule has 1 heterocycles. The molecule has 172 valence electrons. The molecule has 3 aromatic carbocycles. The number of non-ortho nitro benzene ring substituents is 1. The molecule has 1 atom stereocenters. The van der Waals surface area contributed by atoms with E-state index in [1.165, 1.54) is 29.2 Å². The second-order valence-electron chi connectivity index (χ2n) is 9.18. The number of rotatable bonds is 4. The van der Waals surface area contributed by atoms with Gasteiger partial charge in [-0.05, 0) is 28.7 Å². The van der Waals surface area contributed by atoms with Crippen molar-refractivity contribution in [3.05, 3.63) is 111 Å². The lowest BCUT2D eigenvalue weighted by molar-refractivity contribution is -0.384. The molecule has 0 bridgehead atoms. The average molecular weight is 456 g/mol. The Balaban J connectivity index is 1.93. The van der Waals surface area contributed by atoms with Crippen molar-refractivity contribution in [1.29, 1.82) is 0 Å². The van der Waals surface area contributed by atoms with E-state index in [2.05, 4.69) is 20.8 Å². The first kappa shape index (κ1) is 22.9. The number of nitro groups is 1. The van der Waals surface area contributed by atoms with Crippen LogP contribution in [-0.4, -0.2) is 21.7 Å². The number of hydrogen-bond donors (Lipinski definition) is 1. The van der Waals surface area contributed by atoms with E-state index in [0.717, 1.165) is 5.56 Å². The molecule has 1 N–H and O–H groups in total. The number of nitro benzene ring substituents is 1. The summed E-state index contributed by atoms with van der Waals surface area (Å²) in [7, 11) is 0. The number of benzene rings is 3. The minimum atomic E-state index is -0.893. The van der Waals surface area contributed by atoms with E-state index in [1.54, 1.807) is 30.3 Å². The number of anilines is 1. The molecule has 1 saturated heterocycles. The third-order valence-corrected chi connectivity index (χ3v) is 5.90. The number of aliphatic hydroxyl groups is 1. The van der Waals surface area contributed by atoms with E-state index < -0.39 is 28.4 Å². The summed E-state index contributed by atoms with van der Waals surface area (Å²) in [5.74, 6) is -2.08. The van der Waals surface area contributed by atoms with E-state index in [4.69, 9.17) is 0 Å². The zero-order valence-corrected chi connectivity index (χ0v) is 19.1. The molecule has 4 rings (SSSR count). The Bertz CT molecular complexity index is 1300. The fraction of sp³-hybridized carbons (Fsp3) is 0.185. The summed E-state index contributed by atoms with van der Waals surface area (Å²) in [6.07, 6.45) is 0. The molecule has 0 radical (unpaired) electrons. The number of ketones is 1. The summed E-state index contributed by atoms with van der Waals surface area (Å²) >= 11 is 0. The average Bonchev–Trinajstić information content (AvgIpc) is 3.09. The molecule has 34 heavy (non-hydrogen) atoms. The molecule has 1 aliphatic rings. The molecule has 3 aromatic rings. The minimum absolute atomic E-state index is 0.0940. The van der Waals surface area contributed by atoms with Crippen LogP contribution in [0.2, 0.25) is 0 Å². The van der Waals surface area contributed by atoms with Gasteiger partial charge in [0.15, 0.2) is 0 Å². The van der Waals surface area contributed by atoms with Crippen molar-refractivity contribution in [2.24, 2.45) is 0 Å². The van der Waals surface area contributed by atoms with Gasteiger partial charge in [0.25, 0.3) is 17.4 Å². The predicted molar refractivity (Wildman–Crippen MR) is 129 cm³/mol. The molecule has 0 spiro atoms. The Morgan fingerprint density at radius 2 is 1.59 bits per heavy atom. The number of amides is 1. The zero-order valence-electron chi connectivity index (χ0n) is 19.1. The first-order valence-corrected chi connectivity index (χ1v) is 10.8. The first-order chi connectivity index (χ1) is 16.1. The Labute approximate surface area is 197 Å². The van der Waals surface area contributed by atoms with E-state index in [1.807, 2.05) is 24.3 Å². The number of para-hydroxylation sites is 1. The lowest BCUT2D eigenvalue weighted by Crippen LogP contribution is -2.29. The fourth-order valence-electron chi connectivity index (χ4n) is 4.09. The molecule has 1 fully saturated rings. The van der Waals surface area contributed by atoms with Gasteiger partial charge in [0, 0.05) is 23.4 Å². The number of carbonyl (C=O) groups excluding carboxylic acids is 2. The molecule has 0 saturated carbocycles. The maximum Gasteiger partial charge on any atom is 0.300 e. The van der Waals surface area contributed by atoms with Crippen LogP contribution >= 0.6 is 0 Å². The number of nitrogens with zero attached hydrogens (tertiary/aromatic N) is 2. The van der Waals surface area contributed by atoms with Crippen LogP contribution in [0.3, 0.4) is 0 Å². The molecule has 1 amide bonds. The number of carbonyl (C=O) groups is 2. The van der Waals surface area contributed by atoms with Crippen molar-refractivity contribution < 1.29 is 19.6 Å². The van der Waals surface area contributed by atoms with Gasteiger partial charge in [0.2, 0.25) is 0 Å². The van der Waals surface area contributed by atoms with Crippen LogP contribution in [0.5, 0.6) is 0 Å². The summed E-state index contributed by atoms with van der Waals surface area (Å²) in [6.45, 7) is 6.25. The van der Waals surface area contributed by atoms with Crippen LogP contribution in [0.1, 0.15) is 43.5 Å². The van der Waals surface area contributed by atoms with Gasteiger partial charge in [0.05, 0.1) is 16.5 Å². The van der Waals surface area contributed by atoms with Gasteiger partial charge in [-0.3, -0.25) is 24.6 Å². The number of aliphatic hydroxyl groups excluding tert-OH is 1. The standard InChI is InChI=1S/C27H24N2O5/c1-27(2,3)19-14-12-17(13-15-19)23-22(24(30)18-8-7-11-21(16-18)29(33)34)25(31)26(32)28(23)20-9-5-4-6-10-20/h4-16,23,30H,1-3H3/b24-22-. The molecular formula is C27H24N2O5. The van der Waals surface area contributed by atoms with Crippen LogP contribution in [0.15, 0.2) is 84.4 Å². The highest BCUT2D eigenvalue weighted by Gasteiger charge is 2.47. The van der Waals surface area contributed by atoms with Gasteiger partial charge in [-0.15, -0.1) is 0 Å². The Morgan fingerprint density at radius 1 is 0.941 bits per heavy atom. The molecule has 1 aliphatic heterocycles. The van der Waals surface area contributed by atoms with Crippen molar-refractivity contribution in [2.45, 2.75) is 32.2 Å². The Kier molecular flexibility index (Phi) is 5.79. The Hall–Kier alpha value is -4.26. The van der Waals surface area contributed by atoms with Crippen molar-refractivity contribution in [3.63, 3.8) is 0 Å². The highest BCUT2D eigenvalue weighted by molar-refractivity contribution is 6.51. The van der Waals surface area contributed by atoms with Crippen LogP contribution in [-0.2, 0) is 15.0 Å². The minimum Gasteiger partial charge on any atom is -0.507 e. The SMILES string of the molecule is CC(C)(C)c1ccc(C2/C(=C(/O)c3cccc([N+](=O)[O-])c3)C(=O)C(=O)N2c2ccccc2)cc1. The molecule has 0 aliphatic carbocycles. The molecule has 1 unspecified atom stereocenters. The fourth-order valence-corrected chi connectivity index (χ4v) is 4.09.